The number of para-hydroxylation sites is 1. The number of nitrogens with zero attached hydrogens (tertiary/aromatic N) is 3. The molecule has 1 aromatic heterocycles. The second-order valence-corrected chi connectivity index (χ2v) is 7.82. The fourth-order valence-corrected chi connectivity index (χ4v) is 4.06. The number of rotatable bonds is 7. The van der Waals surface area contributed by atoms with Gasteiger partial charge in [-0.05, 0) is 19.1 Å². The number of anilines is 1. The first-order valence-electron chi connectivity index (χ1n) is 9.36. The van der Waals surface area contributed by atoms with Crippen LogP contribution in [0.1, 0.15) is 20.8 Å². The van der Waals surface area contributed by atoms with Crippen molar-refractivity contribution < 1.29 is 9.53 Å². The number of ether oxygens (including phenoxy) is 1. The number of aromatic nitrogens is 1. The SMILES string of the molecule is CCOc1cccc2sc(N3CCN(CCNC(=O)C(C)C)CC3)nc12. The van der Waals surface area contributed by atoms with Gasteiger partial charge >= 0.3 is 0 Å². The molecule has 2 heterocycles. The van der Waals surface area contributed by atoms with Gasteiger partial charge in [-0.15, -0.1) is 0 Å². The van der Waals surface area contributed by atoms with Crippen LogP contribution in [0, 0.1) is 5.92 Å². The Labute approximate surface area is 159 Å². The summed E-state index contributed by atoms with van der Waals surface area (Å²) in [6, 6.07) is 6.12. The first kappa shape index (κ1) is 18.9. The Balaban J connectivity index is 1.54. The normalized spacial score (nSPS) is 15.6. The molecular weight excluding hydrogens is 348 g/mol. The van der Waals surface area contributed by atoms with E-state index in [9.17, 15) is 4.79 Å². The largest absolute Gasteiger partial charge is 0.492 e. The number of benzene rings is 1. The summed E-state index contributed by atoms with van der Waals surface area (Å²) in [5.41, 5.74) is 0.966. The van der Waals surface area contributed by atoms with E-state index in [1.807, 2.05) is 32.9 Å². The molecule has 0 aliphatic carbocycles. The van der Waals surface area contributed by atoms with Gasteiger partial charge in [0.05, 0.1) is 11.3 Å². The van der Waals surface area contributed by atoms with Crippen LogP contribution in [0.5, 0.6) is 5.75 Å². The molecule has 1 fully saturated rings. The Morgan fingerprint density at radius 3 is 2.77 bits per heavy atom. The van der Waals surface area contributed by atoms with Crippen LogP contribution in [0.25, 0.3) is 10.2 Å². The zero-order chi connectivity index (χ0) is 18.5. The molecule has 7 heteroatoms. The fourth-order valence-electron chi connectivity index (χ4n) is 3.02. The molecule has 0 bridgehead atoms. The molecule has 0 unspecified atom stereocenters. The van der Waals surface area contributed by atoms with E-state index in [-0.39, 0.29) is 11.8 Å². The quantitative estimate of drug-likeness (QED) is 0.805. The van der Waals surface area contributed by atoms with E-state index in [4.69, 9.17) is 9.72 Å². The lowest BCUT2D eigenvalue weighted by atomic mass is 10.2. The topological polar surface area (TPSA) is 57.7 Å². The maximum atomic E-state index is 11.6. The smallest absolute Gasteiger partial charge is 0.222 e. The van der Waals surface area contributed by atoms with E-state index in [2.05, 4.69) is 21.2 Å². The third kappa shape index (κ3) is 4.45. The molecule has 6 nitrogen and oxygen atoms in total. The van der Waals surface area contributed by atoms with Gasteiger partial charge in [0.2, 0.25) is 5.91 Å². The average molecular weight is 377 g/mol. The van der Waals surface area contributed by atoms with Crippen molar-refractivity contribution in [2.24, 2.45) is 5.92 Å². The van der Waals surface area contributed by atoms with Crippen LogP contribution in [-0.4, -0.2) is 61.7 Å². The molecule has 0 saturated carbocycles. The third-order valence-corrected chi connectivity index (χ3v) is 5.65. The Kier molecular flexibility index (Phi) is 6.32. The second kappa shape index (κ2) is 8.68. The predicted molar refractivity (Wildman–Crippen MR) is 107 cm³/mol. The third-order valence-electron chi connectivity index (χ3n) is 4.56. The van der Waals surface area contributed by atoms with Gasteiger partial charge in [0.1, 0.15) is 11.3 Å². The lowest BCUT2D eigenvalue weighted by Gasteiger charge is -2.34. The number of thiazole rings is 1. The lowest BCUT2D eigenvalue weighted by Crippen LogP contribution is -2.48. The molecule has 26 heavy (non-hydrogen) atoms. The molecule has 0 radical (unpaired) electrons. The van der Waals surface area contributed by atoms with Gasteiger partial charge in [-0.3, -0.25) is 9.69 Å². The molecule has 1 amide bonds. The van der Waals surface area contributed by atoms with E-state index in [0.29, 0.717) is 6.61 Å². The van der Waals surface area contributed by atoms with Crippen LogP contribution in [0.15, 0.2) is 18.2 Å². The van der Waals surface area contributed by atoms with E-state index in [0.717, 1.165) is 55.7 Å². The molecule has 142 valence electrons. The minimum atomic E-state index is 0.0486. The van der Waals surface area contributed by atoms with E-state index >= 15 is 0 Å². The van der Waals surface area contributed by atoms with Gasteiger partial charge in [-0.2, -0.15) is 0 Å². The highest BCUT2D eigenvalue weighted by molar-refractivity contribution is 7.22. The number of piperazine rings is 1. The van der Waals surface area contributed by atoms with Crippen LogP contribution in [0.3, 0.4) is 0 Å². The maximum absolute atomic E-state index is 11.6. The first-order valence-corrected chi connectivity index (χ1v) is 10.2. The Morgan fingerprint density at radius 2 is 2.08 bits per heavy atom. The Hall–Kier alpha value is -1.86. The molecule has 3 rings (SSSR count). The molecule has 1 aliphatic heterocycles. The van der Waals surface area contributed by atoms with Crippen molar-refractivity contribution in [1.82, 2.24) is 15.2 Å². The van der Waals surface area contributed by atoms with Crippen LogP contribution >= 0.6 is 11.3 Å². The van der Waals surface area contributed by atoms with Crippen molar-refractivity contribution in [2.75, 3.05) is 50.8 Å². The predicted octanol–water partition coefficient (Wildman–Crippen LogP) is 2.59. The zero-order valence-electron chi connectivity index (χ0n) is 15.8. The van der Waals surface area contributed by atoms with Gasteiger partial charge in [0.15, 0.2) is 5.13 Å². The van der Waals surface area contributed by atoms with Gasteiger partial charge in [-0.1, -0.05) is 31.3 Å². The van der Waals surface area contributed by atoms with Crippen molar-refractivity contribution in [1.29, 1.82) is 0 Å². The van der Waals surface area contributed by atoms with E-state index < -0.39 is 0 Å². The van der Waals surface area contributed by atoms with Gasteiger partial charge in [0.25, 0.3) is 0 Å². The number of hydrogen-bond acceptors (Lipinski definition) is 6. The van der Waals surface area contributed by atoms with E-state index in [1.54, 1.807) is 11.3 Å². The highest BCUT2D eigenvalue weighted by Gasteiger charge is 2.20. The molecule has 0 spiro atoms. The number of amides is 1. The van der Waals surface area contributed by atoms with Crippen LogP contribution < -0.4 is 15.0 Å². The minimum absolute atomic E-state index is 0.0486. The summed E-state index contributed by atoms with van der Waals surface area (Å²) in [5, 5.41) is 4.06. The summed E-state index contributed by atoms with van der Waals surface area (Å²) in [6.07, 6.45) is 0. The summed E-state index contributed by atoms with van der Waals surface area (Å²) >= 11 is 1.73. The number of carbonyl (C=O) groups excluding carboxylic acids is 1. The summed E-state index contributed by atoms with van der Waals surface area (Å²) in [4.78, 5) is 21.2. The molecule has 1 aliphatic rings. The molecule has 2 aromatic rings. The van der Waals surface area contributed by atoms with Crippen LogP contribution in [-0.2, 0) is 4.79 Å². The zero-order valence-corrected chi connectivity index (χ0v) is 16.6. The first-order chi connectivity index (χ1) is 12.6. The van der Waals surface area contributed by atoms with Crippen molar-refractivity contribution in [3.05, 3.63) is 18.2 Å². The fraction of sp³-hybridized carbons (Fsp3) is 0.579. The Bertz CT molecular complexity index is 738. The second-order valence-electron chi connectivity index (χ2n) is 6.81. The number of fused-ring (bicyclic) bond motifs is 1. The van der Waals surface area contributed by atoms with Crippen molar-refractivity contribution in [3.8, 4) is 5.75 Å². The standard InChI is InChI=1S/C19H28N4O2S/c1-4-25-15-6-5-7-16-17(15)21-19(26-16)23-12-10-22(11-13-23)9-8-20-18(24)14(2)3/h5-7,14H,4,8-13H2,1-3H3,(H,20,24). The van der Waals surface area contributed by atoms with Gasteiger partial charge in [0, 0.05) is 45.2 Å². The molecule has 0 atom stereocenters. The van der Waals surface area contributed by atoms with Crippen molar-refractivity contribution in [3.63, 3.8) is 0 Å². The maximum Gasteiger partial charge on any atom is 0.222 e. The summed E-state index contributed by atoms with van der Waals surface area (Å²) < 4.78 is 6.87. The molecule has 1 saturated heterocycles. The Morgan fingerprint density at radius 1 is 1.31 bits per heavy atom. The number of hydrogen-bond donors (Lipinski definition) is 1. The highest BCUT2D eigenvalue weighted by Crippen LogP contribution is 2.34. The van der Waals surface area contributed by atoms with Gasteiger partial charge in [-0.25, -0.2) is 4.98 Å². The number of nitrogens with one attached hydrogen (secondary N) is 1. The summed E-state index contributed by atoms with van der Waals surface area (Å²) in [5.74, 6) is 1.04. The number of carbonyl (C=O) groups is 1. The minimum Gasteiger partial charge on any atom is -0.492 e. The highest BCUT2D eigenvalue weighted by atomic mass is 32.1. The van der Waals surface area contributed by atoms with Crippen molar-refractivity contribution >= 4 is 32.6 Å². The van der Waals surface area contributed by atoms with Crippen molar-refractivity contribution in [2.45, 2.75) is 20.8 Å². The average Bonchev–Trinajstić information content (AvgIpc) is 3.07. The van der Waals surface area contributed by atoms with E-state index in [1.165, 1.54) is 4.70 Å². The van der Waals surface area contributed by atoms with Gasteiger partial charge < -0.3 is 15.0 Å². The summed E-state index contributed by atoms with van der Waals surface area (Å²) in [7, 11) is 0. The molecule has 1 aromatic carbocycles. The molecular formula is C19H28N4O2S. The monoisotopic (exact) mass is 376 g/mol. The van der Waals surface area contributed by atoms with Crippen LogP contribution in [0.4, 0.5) is 5.13 Å². The lowest BCUT2D eigenvalue weighted by molar-refractivity contribution is -0.124. The molecule has 1 N–H and O–H groups in total. The van der Waals surface area contributed by atoms with Crippen LogP contribution in [0.2, 0.25) is 0 Å². The summed E-state index contributed by atoms with van der Waals surface area (Å²) in [6.45, 7) is 12.0.